The molecule has 1 amide bonds. The van der Waals surface area contributed by atoms with E-state index in [1.165, 1.54) is 0 Å². The predicted octanol–water partition coefficient (Wildman–Crippen LogP) is 3.21. The van der Waals surface area contributed by atoms with E-state index in [1.807, 2.05) is 13.0 Å². The summed E-state index contributed by atoms with van der Waals surface area (Å²) < 4.78 is 32.8. The van der Waals surface area contributed by atoms with Gasteiger partial charge in [-0.2, -0.15) is 4.98 Å². The molecule has 2 aromatic carbocycles. The fourth-order valence-corrected chi connectivity index (χ4v) is 4.60. The number of anilines is 5. The lowest BCUT2D eigenvalue weighted by atomic mass is 10.2. The SMILES string of the molecule is CCNS(=O)(=O)c1cc(Nc2ncc(C)c(Nc3ccc4c(c3)NC(=O)CO4)n2)ccc1C. The van der Waals surface area contributed by atoms with Crippen LogP contribution < -0.4 is 25.4 Å². The Bertz CT molecular complexity index is 1330. The molecule has 11 heteroatoms. The van der Waals surface area contributed by atoms with Gasteiger partial charge in [0.1, 0.15) is 11.6 Å². The van der Waals surface area contributed by atoms with Crippen molar-refractivity contribution in [3.63, 3.8) is 0 Å². The van der Waals surface area contributed by atoms with Crippen molar-refractivity contribution in [3.05, 3.63) is 53.7 Å². The Labute approximate surface area is 191 Å². The van der Waals surface area contributed by atoms with Crippen molar-refractivity contribution in [1.29, 1.82) is 0 Å². The number of aryl methyl sites for hydroxylation is 2. The van der Waals surface area contributed by atoms with Gasteiger partial charge < -0.3 is 20.7 Å². The lowest BCUT2D eigenvalue weighted by Gasteiger charge is -2.19. The van der Waals surface area contributed by atoms with Crippen LogP contribution in [0.1, 0.15) is 18.1 Å². The van der Waals surface area contributed by atoms with Crippen molar-refractivity contribution in [2.45, 2.75) is 25.7 Å². The van der Waals surface area contributed by atoms with Crippen molar-refractivity contribution < 1.29 is 17.9 Å². The quantitative estimate of drug-likeness (QED) is 0.415. The van der Waals surface area contributed by atoms with Crippen LogP contribution in [0.3, 0.4) is 0 Å². The van der Waals surface area contributed by atoms with Crippen LogP contribution in [-0.2, 0) is 14.8 Å². The number of aromatic nitrogens is 2. The fourth-order valence-electron chi connectivity index (χ4n) is 3.29. The lowest BCUT2D eigenvalue weighted by Crippen LogP contribution is -2.25. The summed E-state index contributed by atoms with van der Waals surface area (Å²) in [4.78, 5) is 20.6. The number of hydrogen-bond donors (Lipinski definition) is 4. The van der Waals surface area contributed by atoms with Crippen molar-refractivity contribution >= 4 is 44.8 Å². The third kappa shape index (κ3) is 5.04. The maximum Gasteiger partial charge on any atom is 0.262 e. The molecule has 33 heavy (non-hydrogen) atoms. The molecule has 0 aliphatic carbocycles. The normalized spacial score (nSPS) is 13.0. The smallest absolute Gasteiger partial charge is 0.262 e. The molecule has 172 valence electrons. The van der Waals surface area contributed by atoms with Gasteiger partial charge in [-0.05, 0) is 49.7 Å². The molecule has 0 radical (unpaired) electrons. The highest BCUT2D eigenvalue weighted by Gasteiger charge is 2.18. The molecule has 4 N–H and O–H groups in total. The molecular formula is C22H24N6O4S. The average Bonchev–Trinajstić information content (AvgIpc) is 2.77. The fraction of sp³-hybridized carbons (Fsp3) is 0.227. The number of nitrogens with zero attached hydrogens (tertiary/aromatic N) is 2. The van der Waals surface area contributed by atoms with E-state index in [0.717, 1.165) is 5.56 Å². The lowest BCUT2D eigenvalue weighted by molar-refractivity contribution is -0.118. The summed E-state index contributed by atoms with van der Waals surface area (Å²) in [5.74, 6) is 1.25. The molecule has 0 saturated carbocycles. The minimum atomic E-state index is -3.61. The van der Waals surface area contributed by atoms with Gasteiger partial charge in [0.05, 0.1) is 10.6 Å². The molecule has 1 aliphatic heterocycles. The van der Waals surface area contributed by atoms with Gasteiger partial charge in [0.25, 0.3) is 5.91 Å². The Morgan fingerprint density at radius 3 is 2.61 bits per heavy atom. The highest BCUT2D eigenvalue weighted by Crippen LogP contribution is 2.32. The van der Waals surface area contributed by atoms with Crippen LogP contribution in [0.25, 0.3) is 0 Å². The van der Waals surface area contributed by atoms with Crippen LogP contribution in [-0.4, -0.2) is 37.4 Å². The second-order valence-electron chi connectivity index (χ2n) is 7.50. The van der Waals surface area contributed by atoms with Crippen LogP contribution in [0, 0.1) is 13.8 Å². The van der Waals surface area contributed by atoms with Gasteiger partial charge in [-0.25, -0.2) is 18.1 Å². The first kappa shape index (κ1) is 22.5. The van der Waals surface area contributed by atoms with Gasteiger partial charge in [0.2, 0.25) is 16.0 Å². The third-order valence-corrected chi connectivity index (χ3v) is 6.60. The number of amides is 1. The predicted molar refractivity (Wildman–Crippen MR) is 126 cm³/mol. The Morgan fingerprint density at radius 2 is 1.82 bits per heavy atom. The van der Waals surface area contributed by atoms with E-state index in [9.17, 15) is 13.2 Å². The van der Waals surface area contributed by atoms with E-state index >= 15 is 0 Å². The van der Waals surface area contributed by atoms with E-state index in [4.69, 9.17) is 4.74 Å². The van der Waals surface area contributed by atoms with Crippen molar-refractivity contribution in [2.24, 2.45) is 0 Å². The number of carbonyl (C=O) groups excluding carboxylic acids is 1. The van der Waals surface area contributed by atoms with E-state index < -0.39 is 10.0 Å². The van der Waals surface area contributed by atoms with Gasteiger partial charge in [-0.3, -0.25) is 4.79 Å². The zero-order valence-corrected chi connectivity index (χ0v) is 19.2. The number of sulfonamides is 1. The highest BCUT2D eigenvalue weighted by molar-refractivity contribution is 7.89. The van der Waals surface area contributed by atoms with Crippen molar-refractivity contribution in [2.75, 3.05) is 29.1 Å². The van der Waals surface area contributed by atoms with Gasteiger partial charge in [0, 0.05) is 29.7 Å². The minimum Gasteiger partial charge on any atom is -0.482 e. The number of hydrogen-bond acceptors (Lipinski definition) is 8. The number of rotatable bonds is 7. The Kier molecular flexibility index (Phi) is 6.16. The molecule has 2 heterocycles. The summed E-state index contributed by atoms with van der Waals surface area (Å²) >= 11 is 0. The van der Waals surface area contributed by atoms with Gasteiger partial charge in [0.15, 0.2) is 6.61 Å². The zero-order chi connectivity index (χ0) is 23.6. The van der Waals surface area contributed by atoms with E-state index in [-0.39, 0.29) is 17.4 Å². The maximum atomic E-state index is 12.5. The molecule has 0 spiro atoms. The van der Waals surface area contributed by atoms with Crippen molar-refractivity contribution in [3.8, 4) is 5.75 Å². The molecule has 1 aliphatic rings. The monoisotopic (exact) mass is 468 g/mol. The van der Waals surface area contributed by atoms with Crippen LogP contribution in [0.4, 0.5) is 28.8 Å². The molecule has 0 atom stereocenters. The third-order valence-electron chi connectivity index (χ3n) is 4.92. The molecule has 1 aromatic heterocycles. The molecule has 0 unspecified atom stereocenters. The number of nitrogens with one attached hydrogen (secondary N) is 4. The largest absolute Gasteiger partial charge is 0.482 e. The molecule has 0 fully saturated rings. The minimum absolute atomic E-state index is 0.00362. The van der Waals surface area contributed by atoms with Crippen molar-refractivity contribution in [1.82, 2.24) is 14.7 Å². The molecule has 4 rings (SSSR count). The summed E-state index contributed by atoms with van der Waals surface area (Å²) in [6.07, 6.45) is 1.66. The second-order valence-corrected chi connectivity index (χ2v) is 9.24. The zero-order valence-electron chi connectivity index (χ0n) is 18.4. The summed E-state index contributed by atoms with van der Waals surface area (Å²) in [5.41, 5.74) is 3.27. The standard InChI is InChI=1S/C22H24N6O4S/c1-4-24-33(30,31)19-10-16(6-5-13(19)2)26-22-23-11-14(3)21(28-22)25-15-7-8-18-17(9-15)27-20(29)12-32-18/h5-11,24H,4,12H2,1-3H3,(H,27,29)(H2,23,25,26,28). The average molecular weight is 469 g/mol. The highest BCUT2D eigenvalue weighted by atomic mass is 32.2. The van der Waals surface area contributed by atoms with Gasteiger partial charge in [-0.15, -0.1) is 0 Å². The van der Waals surface area contributed by atoms with Crippen LogP contribution >= 0.6 is 0 Å². The van der Waals surface area contributed by atoms with Crippen LogP contribution in [0.5, 0.6) is 5.75 Å². The first-order chi connectivity index (χ1) is 15.7. The molecule has 10 nitrogen and oxygen atoms in total. The topological polar surface area (TPSA) is 134 Å². The summed E-state index contributed by atoms with van der Waals surface area (Å²) in [6, 6.07) is 10.4. The number of carbonyl (C=O) groups is 1. The maximum absolute atomic E-state index is 12.5. The summed E-state index contributed by atoms with van der Waals surface area (Å²) in [7, 11) is -3.61. The Hall–Kier alpha value is -3.70. The molecule has 0 bridgehead atoms. The Morgan fingerprint density at radius 1 is 1.06 bits per heavy atom. The first-order valence-electron chi connectivity index (χ1n) is 10.3. The molecule has 0 saturated heterocycles. The van der Waals surface area contributed by atoms with E-state index in [2.05, 4.69) is 30.6 Å². The molecule has 3 aromatic rings. The summed E-state index contributed by atoms with van der Waals surface area (Å²) in [6.45, 7) is 5.63. The van der Waals surface area contributed by atoms with Gasteiger partial charge in [-0.1, -0.05) is 13.0 Å². The molecular weight excluding hydrogens is 444 g/mol. The van der Waals surface area contributed by atoms with Crippen LogP contribution in [0.2, 0.25) is 0 Å². The van der Waals surface area contributed by atoms with Crippen LogP contribution in [0.15, 0.2) is 47.5 Å². The summed E-state index contributed by atoms with van der Waals surface area (Å²) in [5, 5.41) is 9.06. The first-order valence-corrected chi connectivity index (χ1v) is 11.8. The number of ether oxygens (including phenoxy) is 1. The van der Waals surface area contributed by atoms with E-state index in [1.54, 1.807) is 50.4 Å². The number of fused-ring (bicyclic) bond motifs is 1. The Balaban J connectivity index is 1.57. The van der Waals surface area contributed by atoms with Gasteiger partial charge >= 0.3 is 0 Å². The number of benzene rings is 2. The van der Waals surface area contributed by atoms with E-state index in [0.29, 0.717) is 46.7 Å². The second kappa shape index (κ2) is 9.04.